The molecule has 1 saturated heterocycles. The monoisotopic (exact) mass is 526 g/mol. The number of amides is 2. The van der Waals surface area contributed by atoms with Crippen molar-refractivity contribution in [2.24, 2.45) is 11.8 Å². The zero-order valence-electron chi connectivity index (χ0n) is 21.8. The van der Waals surface area contributed by atoms with Gasteiger partial charge in [0.1, 0.15) is 5.82 Å². The van der Waals surface area contributed by atoms with E-state index in [-0.39, 0.29) is 29.8 Å². The SMILES string of the molecule is CC.CC1CCC(C(=O)NC2CN(C(=O)c3nc(N[C@@H](C)c4cncc(F)c4)nc4ccsc34)C2)CC1. The van der Waals surface area contributed by atoms with Crippen molar-refractivity contribution in [3.8, 4) is 0 Å². The van der Waals surface area contributed by atoms with Gasteiger partial charge in [-0.25, -0.2) is 14.4 Å². The lowest BCUT2D eigenvalue weighted by atomic mass is 9.82. The molecule has 1 aliphatic heterocycles. The minimum absolute atomic E-state index is 0.0236. The Kier molecular flexibility index (Phi) is 8.68. The van der Waals surface area contributed by atoms with Crippen molar-refractivity contribution in [2.45, 2.75) is 65.5 Å². The van der Waals surface area contributed by atoms with Gasteiger partial charge in [0.2, 0.25) is 11.9 Å². The highest BCUT2D eigenvalue weighted by Gasteiger charge is 2.35. The first-order valence-corrected chi connectivity index (χ1v) is 14.0. The highest BCUT2D eigenvalue weighted by molar-refractivity contribution is 7.17. The summed E-state index contributed by atoms with van der Waals surface area (Å²) in [5.74, 6) is 0.605. The summed E-state index contributed by atoms with van der Waals surface area (Å²) in [4.78, 5) is 40.6. The molecule has 37 heavy (non-hydrogen) atoms. The van der Waals surface area contributed by atoms with Crippen molar-refractivity contribution in [1.29, 1.82) is 0 Å². The Morgan fingerprint density at radius 2 is 1.86 bits per heavy atom. The quantitative estimate of drug-likeness (QED) is 0.458. The minimum Gasteiger partial charge on any atom is -0.350 e. The summed E-state index contributed by atoms with van der Waals surface area (Å²) in [5, 5.41) is 8.16. The van der Waals surface area contributed by atoms with Crippen LogP contribution in [0.25, 0.3) is 10.2 Å². The van der Waals surface area contributed by atoms with E-state index in [0.717, 1.165) is 36.6 Å². The Bertz CT molecular complexity index is 1240. The number of aromatic nitrogens is 3. The van der Waals surface area contributed by atoms with E-state index in [2.05, 4.69) is 32.5 Å². The summed E-state index contributed by atoms with van der Waals surface area (Å²) in [6.45, 7) is 9.04. The maximum atomic E-state index is 13.6. The number of anilines is 1. The van der Waals surface area contributed by atoms with Crippen LogP contribution < -0.4 is 10.6 Å². The summed E-state index contributed by atoms with van der Waals surface area (Å²) in [6, 6.07) is 2.93. The molecule has 2 N–H and O–H groups in total. The van der Waals surface area contributed by atoms with Gasteiger partial charge in [0.25, 0.3) is 5.91 Å². The number of pyridine rings is 1. The Hall–Kier alpha value is -3.14. The number of hydrogen-bond donors (Lipinski definition) is 2. The van der Waals surface area contributed by atoms with Gasteiger partial charge in [-0.15, -0.1) is 11.3 Å². The fraction of sp³-hybridized carbons (Fsp3) is 0.519. The highest BCUT2D eigenvalue weighted by atomic mass is 32.1. The molecule has 2 fully saturated rings. The number of halogens is 1. The van der Waals surface area contributed by atoms with Crippen LogP contribution in [-0.2, 0) is 4.79 Å². The van der Waals surface area contributed by atoms with Gasteiger partial charge in [0, 0.05) is 25.2 Å². The van der Waals surface area contributed by atoms with Crippen LogP contribution in [0.3, 0.4) is 0 Å². The molecule has 0 spiro atoms. The number of hydrogen-bond acceptors (Lipinski definition) is 7. The molecule has 2 amide bonds. The van der Waals surface area contributed by atoms with Crippen molar-refractivity contribution in [3.05, 3.63) is 47.0 Å². The molecule has 3 aromatic rings. The Labute approximate surface area is 221 Å². The maximum Gasteiger partial charge on any atom is 0.274 e. The second kappa shape index (κ2) is 11.9. The summed E-state index contributed by atoms with van der Waals surface area (Å²) in [6.07, 6.45) is 6.82. The molecule has 1 atom stereocenters. The fourth-order valence-electron chi connectivity index (χ4n) is 4.74. The molecule has 0 aromatic carbocycles. The van der Waals surface area contributed by atoms with Crippen LogP contribution in [0.15, 0.2) is 29.9 Å². The van der Waals surface area contributed by atoms with Gasteiger partial charge in [0.05, 0.1) is 28.5 Å². The molecule has 2 aliphatic rings. The second-order valence-corrected chi connectivity index (χ2v) is 10.6. The largest absolute Gasteiger partial charge is 0.350 e. The van der Waals surface area contributed by atoms with E-state index < -0.39 is 5.82 Å². The predicted octanol–water partition coefficient (Wildman–Crippen LogP) is 5.19. The molecule has 10 heteroatoms. The fourth-order valence-corrected chi connectivity index (χ4v) is 5.55. The van der Waals surface area contributed by atoms with E-state index in [1.807, 2.05) is 32.2 Å². The zero-order valence-corrected chi connectivity index (χ0v) is 22.6. The lowest BCUT2D eigenvalue weighted by Crippen LogP contribution is -2.61. The van der Waals surface area contributed by atoms with Crippen molar-refractivity contribution in [1.82, 2.24) is 25.2 Å². The molecule has 3 aromatic heterocycles. The highest BCUT2D eigenvalue weighted by Crippen LogP contribution is 2.30. The predicted molar refractivity (Wildman–Crippen MR) is 144 cm³/mol. The van der Waals surface area contributed by atoms with E-state index in [4.69, 9.17) is 0 Å². The van der Waals surface area contributed by atoms with E-state index >= 15 is 0 Å². The topological polar surface area (TPSA) is 100 Å². The van der Waals surface area contributed by atoms with Crippen LogP contribution in [-0.4, -0.2) is 50.8 Å². The zero-order chi connectivity index (χ0) is 26.5. The second-order valence-electron chi connectivity index (χ2n) is 9.71. The van der Waals surface area contributed by atoms with Crippen molar-refractivity contribution < 1.29 is 14.0 Å². The van der Waals surface area contributed by atoms with Gasteiger partial charge in [-0.05, 0) is 61.6 Å². The molecule has 8 nitrogen and oxygen atoms in total. The van der Waals surface area contributed by atoms with Gasteiger partial charge < -0.3 is 15.5 Å². The molecule has 198 valence electrons. The van der Waals surface area contributed by atoms with E-state index in [0.29, 0.717) is 41.7 Å². The number of fused-ring (bicyclic) bond motifs is 1. The molecule has 5 rings (SSSR count). The molecular weight excluding hydrogens is 491 g/mol. The molecule has 0 radical (unpaired) electrons. The molecule has 0 unspecified atom stereocenters. The molecule has 0 bridgehead atoms. The van der Waals surface area contributed by atoms with Crippen LogP contribution in [0.4, 0.5) is 10.3 Å². The average molecular weight is 527 g/mol. The molecule has 1 aliphatic carbocycles. The maximum absolute atomic E-state index is 13.6. The summed E-state index contributed by atoms with van der Waals surface area (Å²) in [7, 11) is 0. The first-order chi connectivity index (χ1) is 17.9. The minimum atomic E-state index is -0.418. The van der Waals surface area contributed by atoms with Gasteiger partial charge >= 0.3 is 0 Å². The van der Waals surface area contributed by atoms with Crippen LogP contribution in [0.2, 0.25) is 0 Å². The lowest BCUT2D eigenvalue weighted by Gasteiger charge is -2.40. The van der Waals surface area contributed by atoms with Gasteiger partial charge in [-0.1, -0.05) is 20.8 Å². The van der Waals surface area contributed by atoms with E-state index in [1.165, 1.54) is 17.4 Å². The van der Waals surface area contributed by atoms with E-state index in [1.54, 1.807) is 11.1 Å². The van der Waals surface area contributed by atoms with Crippen molar-refractivity contribution in [2.75, 3.05) is 18.4 Å². The molecular formula is C27H35FN6O2S. The third kappa shape index (κ3) is 6.23. The van der Waals surface area contributed by atoms with Gasteiger partial charge in [0.15, 0.2) is 5.69 Å². The van der Waals surface area contributed by atoms with Crippen LogP contribution >= 0.6 is 11.3 Å². The third-order valence-corrected chi connectivity index (χ3v) is 7.89. The van der Waals surface area contributed by atoms with E-state index in [9.17, 15) is 14.0 Å². The number of nitrogens with zero attached hydrogens (tertiary/aromatic N) is 4. The summed E-state index contributed by atoms with van der Waals surface area (Å²) < 4.78 is 14.3. The smallest absolute Gasteiger partial charge is 0.274 e. The standard InChI is InChI=1S/C25H29FN6O2S.C2H6/c1-14-3-5-16(6-4-14)23(33)29-19-12-32(13-19)24(34)21-22-20(7-8-35-22)30-25(31-21)28-15(2)17-9-18(26)11-27-10-17;1-2/h7-11,14-16,19H,3-6,12-13H2,1-2H3,(H,29,33)(H,28,30,31);1-2H3/t14?,15-,16?;/m0./s1. The molecule has 1 saturated carbocycles. The van der Waals surface area contributed by atoms with Crippen molar-refractivity contribution in [3.63, 3.8) is 0 Å². The normalized spacial score (nSPS) is 20.4. The Balaban J connectivity index is 0.00000156. The first-order valence-electron chi connectivity index (χ1n) is 13.1. The Morgan fingerprint density at radius 1 is 1.14 bits per heavy atom. The van der Waals surface area contributed by atoms with Crippen LogP contribution in [0.5, 0.6) is 0 Å². The number of nitrogens with one attached hydrogen (secondary N) is 2. The van der Waals surface area contributed by atoms with Crippen LogP contribution in [0.1, 0.15) is 75.5 Å². The Morgan fingerprint density at radius 3 is 2.57 bits per heavy atom. The summed E-state index contributed by atoms with van der Waals surface area (Å²) in [5.41, 5.74) is 1.67. The van der Waals surface area contributed by atoms with Crippen molar-refractivity contribution >= 4 is 39.3 Å². The number of carbonyl (C=O) groups excluding carboxylic acids is 2. The van der Waals surface area contributed by atoms with Gasteiger partial charge in [-0.2, -0.15) is 0 Å². The lowest BCUT2D eigenvalue weighted by molar-refractivity contribution is -0.127. The first kappa shape index (κ1) is 26.9. The van der Waals surface area contributed by atoms with Crippen LogP contribution in [0, 0.1) is 17.7 Å². The number of likely N-dealkylation sites (tertiary alicyclic amines) is 1. The van der Waals surface area contributed by atoms with Gasteiger partial charge in [-0.3, -0.25) is 14.6 Å². The summed E-state index contributed by atoms with van der Waals surface area (Å²) >= 11 is 1.42. The molecule has 4 heterocycles. The third-order valence-electron chi connectivity index (χ3n) is 6.98. The number of carbonyl (C=O) groups is 2. The number of thiophene rings is 1. The number of rotatable bonds is 6. The average Bonchev–Trinajstić information content (AvgIpc) is 3.35.